The van der Waals surface area contributed by atoms with Crippen LogP contribution in [0.15, 0.2) is 42.5 Å². The summed E-state index contributed by atoms with van der Waals surface area (Å²) in [5, 5.41) is 4.13. The summed E-state index contributed by atoms with van der Waals surface area (Å²) < 4.78 is 0. The van der Waals surface area contributed by atoms with Crippen molar-refractivity contribution in [3.63, 3.8) is 0 Å². The number of ketones is 1. The van der Waals surface area contributed by atoms with Gasteiger partial charge in [-0.2, -0.15) is 5.06 Å². The Balaban J connectivity index is 1.36. The molecule has 0 saturated carbocycles. The third-order valence-electron chi connectivity index (χ3n) is 5.83. The van der Waals surface area contributed by atoms with Gasteiger partial charge in [-0.25, -0.2) is 0 Å². The lowest BCUT2D eigenvalue weighted by Crippen LogP contribution is -2.43. The molecule has 5 nitrogen and oxygen atoms in total. The third-order valence-corrected chi connectivity index (χ3v) is 5.83. The van der Waals surface area contributed by atoms with Gasteiger partial charge in [-0.3, -0.25) is 14.4 Å². The molecule has 0 unspecified atom stereocenters. The molecular weight excluding hydrogens is 352 g/mol. The number of hydrogen-bond donors (Lipinski definition) is 0. The second kappa shape index (κ2) is 8.84. The molecule has 0 spiro atoms. The molecule has 28 heavy (non-hydrogen) atoms. The normalized spacial score (nSPS) is 21.0. The quantitative estimate of drug-likeness (QED) is 0.743. The molecule has 2 aliphatic heterocycles. The second-order valence-corrected chi connectivity index (χ2v) is 7.82. The summed E-state index contributed by atoms with van der Waals surface area (Å²) >= 11 is 0. The van der Waals surface area contributed by atoms with Gasteiger partial charge in [0.25, 0.3) is 0 Å². The Morgan fingerprint density at radius 3 is 2.68 bits per heavy atom. The lowest BCUT2D eigenvalue weighted by Gasteiger charge is -2.33. The number of benzene rings is 2. The number of carbonyl (C=O) groups is 2. The van der Waals surface area contributed by atoms with E-state index < -0.39 is 0 Å². The minimum Gasteiger partial charge on any atom is -0.342 e. The molecule has 0 aromatic heterocycles. The van der Waals surface area contributed by atoms with E-state index in [0.717, 1.165) is 61.7 Å². The fourth-order valence-corrected chi connectivity index (χ4v) is 4.20. The van der Waals surface area contributed by atoms with Gasteiger partial charge in [0.15, 0.2) is 5.78 Å². The topological polar surface area (TPSA) is 49.9 Å². The summed E-state index contributed by atoms with van der Waals surface area (Å²) in [5.74, 6) is 0.179. The Morgan fingerprint density at radius 1 is 1.00 bits per heavy atom. The zero-order valence-electron chi connectivity index (χ0n) is 16.3. The highest BCUT2D eigenvalue weighted by Gasteiger charge is 2.29. The van der Waals surface area contributed by atoms with Gasteiger partial charge < -0.3 is 4.90 Å². The summed E-state index contributed by atoms with van der Waals surface area (Å²) in [6.07, 6.45) is 4.41. The van der Waals surface area contributed by atoms with Crippen molar-refractivity contribution < 1.29 is 14.4 Å². The molecule has 148 valence electrons. The Bertz CT molecular complexity index is 845. The maximum absolute atomic E-state index is 13.1. The van der Waals surface area contributed by atoms with E-state index in [1.807, 2.05) is 46.4 Å². The van der Waals surface area contributed by atoms with Crippen LogP contribution in [-0.4, -0.2) is 54.4 Å². The van der Waals surface area contributed by atoms with E-state index in [9.17, 15) is 9.59 Å². The van der Waals surface area contributed by atoms with Crippen molar-refractivity contribution in [2.45, 2.75) is 32.1 Å². The molecule has 5 heteroatoms. The van der Waals surface area contributed by atoms with Gasteiger partial charge in [0.05, 0.1) is 6.61 Å². The maximum Gasteiger partial charge on any atom is 0.223 e. The van der Waals surface area contributed by atoms with E-state index in [1.54, 1.807) is 0 Å². The van der Waals surface area contributed by atoms with E-state index in [4.69, 9.17) is 4.84 Å². The zero-order valence-corrected chi connectivity index (χ0v) is 16.3. The lowest BCUT2D eigenvalue weighted by molar-refractivity contribution is -0.182. The minimum absolute atomic E-state index is 0.106. The highest BCUT2D eigenvalue weighted by Crippen LogP contribution is 2.24. The van der Waals surface area contributed by atoms with Crippen molar-refractivity contribution in [2.24, 2.45) is 5.92 Å². The van der Waals surface area contributed by atoms with Gasteiger partial charge in [0.1, 0.15) is 0 Å². The first-order chi connectivity index (χ1) is 13.7. The largest absolute Gasteiger partial charge is 0.342 e. The molecule has 2 saturated heterocycles. The predicted octanol–water partition coefficient (Wildman–Crippen LogP) is 3.68. The minimum atomic E-state index is -0.106. The molecule has 0 radical (unpaired) electrons. The summed E-state index contributed by atoms with van der Waals surface area (Å²) in [6.45, 7) is 3.57. The number of fused-ring (bicyclic) bond motifs is 1. The van der Waals surface area contributed by atoms with Crippen molar-refractivity contribution >= 4 is 22.5 Å². The molecule has 2 aromatic rings. The number of hydroxylamine groups is 2. The van der Waals surface area contributed by atoms with Crippen LogP contribution in [0.4, 0.5) is 0 Å². The Kier molecular flexibility index (Phi) is 6.03. The first-order valence-corrected chi connectivity index (χ1v) is 10.4. The number of nitrogens with zero attached hydrogens (tertiary/aromatic N) is 2. The smallest absolute Gasteiger partial charge is 0.223 e. The van der Waals surface area contributed by atoms with Crippen LogP contribution in [0, 0.1) is 5.92 Å². The number of likely N-dealkylation sites (tertiary alicyclic amines) is 1. The first kappa shape index (κ1) is 19.1. The number of amides is 1. The fourth-order valence-electron chi connectivity index (χ4n) is 4.20. The number of carbonyl (C=O) groups excluding carboxylic acids is 2. The van der Waals surface area contributed by atoms with E-state index in [0.29, 0.717) is 19.5 Å². The van der Waals surface area contributed by atoms with Gasteiger partial charge in [0, 0.05) is 44.1 Å². The van der Waals surface area contributed by atoms with E-state index in [2.05, 4.69) is 6.07 Å². The second-order valence-electron chi connectivity index (χ2n) is 7.82. The van der Waals surface area contributed by atoms with Gasteiger partial charge >= 0.3 is 0 Å². The van der Waals surface area contributed by atoms with Crippen molar-refractivity contribution in [2.75, 3.05) is 32.8 Å². The molecule has 1 atom stereocenters. The maximum atomic E-state index is 13.1. The Hall–Kier alpha value is -2.24. The summed E-state index contributed by atoms with van der Waals surface area (Å²) in [5.41, 5.74) is 0.750. The highest BCUT2D eigenvalue weighted by molar-refractivity contribution is 6.01. The number of hydrogen-bond acceptors (Lipinski definition) is 4. The zero-order chi connectivity index (χ0) is 19.3. The van der Waals surface area contributed by atoms with E-state index >= 15 is 0 Å². The summed E-state index contributed by atoms with van der Waals surface area (Å²) in [4.78, 5) is 33.2. The number of piperidine rings is 1. The van der Waals surface area contributed by atoms with Crippen molar-refractivity contribution in [3.8, 4) is 0 Å². The van der Waals surface area contributed by atoms with Gasteiger partial charge in [-0.15, -0.1) is 0 Å². The monoisotopic (exact) mass is 380 g/mol. The third kappa shape index (κ3) is 4.42. The van der Waals surface area contributed by atoms with Gasteiger partial charge in [-0.1, -0.05) is 36.4 Å². The first-order valence-electron chi connectivity index (χ1n) is 10.4. The van der Waals surface area contributed by atoms with Crippen LogP contribution in [0.5, 0.6) is 0 Å². The SMILES string of the molecule is O=C(c1ccc2ccccc2c1)[C@H]1CCCN(C(=O)CCN2CCCCO2)C1. The lowest BCUT2D eigenvalue weighted by atomic mass is 9.89. The molecule has 0 aliphatic carbocycles. The van der Waals surface area contributed by atoms with Crippen molar-refractivity contribution in [3.05, 3.63) is 48.0 Å². The molecule has 0 bridgehead atoms. The molecule has 1 amide bonds. The van der Waals surface area contributed by atoms with E-state index in [1.165, 1.54) is 0 Å². The number of rotatable bonds is 5. The molecule has 2 heterocycles. The fraction of sp³-hybridized carbons (Fsp3) is 0.478. The molecule has 2 fully saturated rings. The Labute approximate surface area is 166 Å². The number of Topliss-reactive ketones (excluding diaryl/α,β-unsaturated/α-hetero) is 1. The average molecular weight is 380 g/mol. The van der Waals surface area contributed by atoms with Crippen LogP contribution in [-0.2, 0) is 9.63 Å². The van der Waals surface area contributed by atoms with Gasteiger partial charge in [0.2, 0.25) is 5.91 Å². The predicted molar refractivity (Wildman–Crippen MR) is 109 cm³/mol. The molecule has 0 N–H and O–H groups in total. The van der Waals surface area contributed by atoms with Crippen LogP contribution < -0.4 is 0 Å². The Morgan fingerprint density at radius 2 is 1.86 bits per heavy atom. The molecule has 2 aromatic carbocycles. The standard InChI is InChI=1S/C23H28N2O3/c26-22(11-14-25-13-3-4-15-28-25)24-12-5-8-21(17-24)23(27)20-10-9-18-6-1-2-7-19(18)16-20/h1-2,6-7,9-10,16,21H,3-5,8,11-15,17H2/t21-/m0/s1. The molecule has 2 aliphatic rings. The van der Waals surface area contributed by atoms with Crippen LogP contribution >= 0.6 is 0 Å². The van der Waals surface area contributed by atoms with Crippen LogP contribution in [0.3, 0.4) is 0 Å². The van der Waals surface area contributed by atoms with Crippen LogP contribution in [0.2, 0.25) is 0 Å². The van der Waals surface area contributed by atoms with Crippen LogP contribution in [0.1, 0.15) is 42.5 Å². The van der Waals surface area contributed by atoms with E-state index in [-0.39, 0.29) is 17.6 Å². The molecular formula is C23H28N2O3. The van der Waals surface area contributed by atoms with Crippen molar-refractivity contribution in [1.82, 2.24) is 9.96 Å². The molecule has 4 rings (SSSR count). The average Bonchev–Trinajstić information content (AvgIpc) is 2.77. The summed E-state index contributed by atoms with van der Waals surface area (Å²) in [7, 11) is 0. The van der Waals surface area contributed by atoms with Crippen LogP contribution in [0.25, 0.3) is 10.8 Å². The highest BCUT2D eigenvalue weighted by atomic mass is 16.7. The summed E-state index contributed by atoms with van der Waals surface area (Å²) in [6, 6.07) is 14.0. The van der Waals surface area contributed by atoms with Gasteiger partial charge in [-0.05, 0) is 42.5 Å². The van der Waals surface area contributed by atoms with Crippen molar-refractivity contribution in [1.29, 1.82) is 0 Å².